The van der Waals surface area contributed by atoms with Crippen molar-refractivity contribution >= 4 is 17.7 Å². The van der Waals surface area contributed by atoms with Gasteiger partial charge < -0.3 is 10.1 Å². The number of aromatic nitrogens is 3. The van der Waals surface area contributed by atoms with Crippen molar-refractivity contribution in [3.8, 4) is 17.1 Å². The maximum Gasteiger partial charge on any atom is 0.230 e. The lowest BCUT2D eigenvalue weighted by Crippen LogP contribution is -2.24. The second kappa shape index (κ2) is 8.96. The number of hydrogen-bond acceptors (Lipinski definition) is 6. The fourth-order valence-corrected chi connectivity index (χ4v) is 2.85. The fraction of sp³-hybridized carbons (Fsp3) is 0.158. The van der Waals surface area contributed by atoms with E-state index in [1.54, 1.807) is 25.6 Å². The molecule has 26 heavy (non-hydrogen) atoms. The molecule has 0 saturated carbocycles. The minimum atomic E-state index is -0.0716. The summed E-state index contributed by atoms with van der Waals surface area (Å²) in [5, 5.41) is 3.43. The van der Waals surface area contributed by atoms with Crippen molar-refractivity contribution in [2.45, 2.75) is 11.7 Å². The SMILES string of the molecule is COc1ccc(CNC(=O)CSc2nccc(-c3ccccn3)n2)cc1. The van der Waals surface area contributed by atoms with Gasteiger partial charge in [-0.25, -0.2) is 9.97 Å². The van der Waals surface area contributed by atoms with Gasteiger partial charge in [-0.05, 0) is 35.9 Å². The Morgan fingerprint density at radius 2 is 1.88 bits per heavy atom. The normalized spacial score (nSPS) is 10.3. The van der Waals surface area contributed by atoms with Gasteiger partial charge in [-0.3, -0.25) is 9.78 Å². The second-order valence-corrected chi connectivity index (χ2v) is 6.30. The first-order chi connectivity index (χ1) is 12.7. The molecular formula is C19H18N4O2S. The maximum absolute atomic E-state index is 12.0. The van der Waals surface area contributed by atoms with Gasteiger partial charge in [0.1, 0.15) is 5.75 Å². The molecule has 3 aromatic rings. The van der Waals surface area contributed by atoms with Crippen LogP contribution in [-0.4, -0.2) is 33.7 Å². The zero-order valence-electron chi connectivity index (χ0n) is 14.3. The van der Waals surface area contributed by atoms with Crippen LogP contribution in [0.1, 0.15) is 5.56 Å². The highest BCUT2D eigenvalue weighted by molar-refractivity contribution is 7.99. The molecule has 7 heteroatoms. The highest BCUT2D eigenvalue weighted by Gasteiger charge is 2.07. The summed E-state index contributed by atoms with van der Waals surface area (Å²) in [6, 6.07) is 15.0. The number of carbonyl (C=O) groups excluding carboxylic acids is 1. The highest BCUT2D eigenvalue weighted by Crippen LogP contribution is 2.18. The largest absolute Gasteiger partial charge is 0.497 e. The van der Waals surface area contributed by atoms with Gasteiger partial charge in [-0.15, -0.1) is 0 Å². The Balaban J connectivity index is 1.51. The number of amides is 1. The van der Waals surface area contributed by atoms with Crippen molar-refractivity contribution < 1.29 is 9.53 Å². The minimum absolute atomic E-state index is 0.0716. The van der Waals surface area contributed by atoms with Crippen molar-refractivity contribution in [2.75, 3.05) is 12.9 Å². The topological polar surface area (TPSA) is 77.0 Å². The molecule has 6 nitrogen and oxygen atoms in total. The van der Waals surface area contributed by atoms with E-state index in [0.29, 0.717) is 11.7 Å². The lowest BCUT2D eigenvalue weighted by molar-refractivity contribution is -0.118. The lowest BCUT2D eigenvalue weighted by Gasteiger charge is -2.06. The monoisotopic (exact) mass is 366 g/mol. The van der Waals surface area contributed by atoms with Gasteiger partial charge in [-0.2, -0.15) is 0 Å². The Morgan fingerprint density at radius 1 is 1.04 bits per heavy atom. The maximum atomic E-state index is 12.0. The molecule has 0 saturated heterocycles. The van der Waals surface area contributed by atoms with Crippen LogP contribution in [0.2, 0.25) is 0 Å². The van der Waals surface area contributed by atoms with E-state index < -0.39 is 0 Å². The van der Waals surface area contributed by atoms with Gasteiger partial charge in [-0.1, -0.05) is 30.0 Å². The van der Waals surface area contributed by atoms with Crippen LogP contribution in [0.5, 0.6) is 5.75 Å². The molecule has 132 valence electrons. The van der Waals surface area contributed by atoms with Gasteiger partial charge in [0.05, 0.1) is 24.3 Å². The molecule has 0 aliphatic rings. The molecule has 0 bridgehead atoms. The number of pyridine rings is 1. The fourth-order valence-electron chi connectivity index (χ4n) is 2.19. The summed E-state index contributed by atoms with van der Waals surface area (Å²) in [5.74, 6) is 0.972. The quantitative estimate of drug-likeness (QED) is 0.512. The van der Waals surface area contributed by atoms with E-state index in [0.717, 1.165) is 22.7 Å². The molecule has 0 fully saturated rings. The number of nitrogens with zero attached hydrogens (tertiary/aromatic N) is 3. The van der Waals surface area contributed by atoms with E-state index >= 15 is 0 Å². The van der Waals surface area contributed by atoms with Crippen molar-refractivity contribution in [1.82, 2.24) is 20.3 Å². The van der Waals surface area contributed by atoms with Gasteiger partial charge in [0.25, 0.3) is 0 Å². The number of thioether (sulfide) groups is 1. The Bertz CT molecular complexity index is 857. The summed E-state index contributed by atoms with van der Waals surface area (Å²) < 4.78 is 5.11. The van der Waals surface area contributed by atoms with E-state index in [1.807, 2.05) is 42.5 Å². The summed E-state index contributed by atoms with van der Waals surface area (Å²) in [7, 11) is 1.62. The summed E-state index contributed by atoms with van der Waals surface area (Å²) in [4.78, 5) is 25.0. The van der Waals surface area contributed by atoms with Crippen LogP contribution in [-0.2, 0) is 11.3 Å². The summed E-state index contributed by atoms with van der Waals surface area (Å²) in [6.45, 7) is 0.470. The minimum Gasteiger partial charge on any atom is -0.497 e. The number of methoxy groups -OCH3 is 1. The third-order valence-electron chi connectivity index (χ3n) is 3.54. The molecular weight excluding hydrogens is 348 g/mol. The number of nitrogens with one attached hydrogen (secondary N) is 1. The average Bonchev–Trinajstić information content (AvgIpc) is 2.72. The zero-order chi connectivity index (χ0) is 18.2. The van der Waals surface area contributed by atoms with Crippen LogP contribution in [0.3, 0.4) is 0 Å². The summed E-state index contributed by atoms with van der Waals surface area (Å²) >= 11 is 1.30. The van der Waals surface area contributed by atoms with Crippen LogP contribution >= 0.6 is 11.8 Å². The number of hydrogen-bond donors (Lipinski definition) is 1. The molecule has 3 rings (SSSR count). The van der Waals surface area contributed by atoms with Crippen molar-refractivity contribution in [2.24, 2.45) is 0 Å². The van der Waals surface area contributed by atoms with Crippen LogP contribution in [0, 0.1) is 0 Å². The van der Waals surface area contributed by atoms with Gasteiger partial charge in [0.2, 0.25) is 5.91 Å². The van der Waals surface area contributed by atoms with Crippen LogP contribution < -0.4 is 10.1 Å². The third-order valence-corrected chi connectivity index (χ3v) is 4.40. The lowest BCUT2D eigenvalue weighted by atomic mass is 10.2. The number of rotatable bonds is 7. The second-order valence-electron chi connectivity index (χ2n) is 5.35. The first-order valence-electron chi connectivity index (χ1n) is 8.01. The molecule has 0 aliphatic carbocycles. The molecule has 1 aromatic carbocycles. The first-order valence-corrected chi connectivity index (χ1v) is 9.00. The van der Waals surface area contributed by atoms with Crippen LogP contribution in [0.15, 0.2) is 66.1 Å². The highest BCUT2D eigenvalue weighted by atomic mass is 32.2. The van der Waals surface area contributed by atoms with Gasteiger partial charge >= 0.3 is 0 Å². The Kier molecular flexibility index (Phi) is 6.16. The van der Waals surface area contributed by atoms with E-state index in [-0.39, 0.29) is 11.7 Å². The van der Waals surface area contributed by atoms with E-state index in [9.17, 15) is 4.79 Å². The van der Waals surface area contributed by atoms with Crippen LogP contribution in [0.25, 0.3) is 11.4 Å². The van der Waals surface area contributed by atoms with E-state index in [2.05, 4.69) is 20.3 Å². The first kappa shape index (κ1) is 17.9. The Morgan fingerprint density at radius 3 is 2.62 bits per heavy atom. The van der Waals surface area contributed by atoms with Gasteiger partial charge in [0, 0.05) is 18.9 Å². The molecule has 2 aromatic heterocycles. The Labute approximate surface area is 156 Å². The number of benzene rings is 1. The number of ether oxygens (including phenoxy) is 1. The van der Waals surface area contributed by atoms with Crippen molar-refractivity contribution in [3.63, 3.8) is 0 Å². The third kappa shape index (κ3) is 5.03. The molecule has 0 spiro atoms. The summed E-state index contributed by atoms with van der Waals surface area (Å²) in [5.41, 5.74) is 2.53. The van der Waals surface area contributed by atoms with E-state index in [1.165, 1.54) is 11.8 Å². The zero-order valence-corrected chi connectivity index (χ0v) is 15.1. The van der Waals surface area contributed by atoms with Crippen molar-refractivity contribution in [1.29, 1.82) is 0 Å². The van der Waals surface area contributed by atoms with Crippen molar-refractivity contribution in [3.05, 3.63) is 66.5 Å². The molecule has 0 unspecified atom stereocenters. The Hall–Kier alpha value is -2.93. The predicted octanol–water partition coefficient (Wildman–Crippen LogP) is 2.96. The predicted molar refractivity (Wildman–Crippen MR) is 101 cm³/mol. The molecule has 0 radical (unpaired) electrons. The number of carbonyl (C=O) groups is 1. The molecule has 0 aliphatic heterocycles. The standard InChI is InChI=1S/C19H18N4O2S/c1-25-15-7-5-14(6-8-15)12-22-18(24)13-26-19-21-11-9-17(23-19)16-4-2-3-10-20-16/h2-11H,12-13H2,1H3,(H,22,24). The van der Waals surface area contributed by atoms with Gasteiger partial charge in [0.15, 0.2) is 5.16 Å². The van der Waals surface area contributed by atoms with Crippen LogP contribution in [0.4, 0.5) is 0 Å². The average molecular weight is 366 g/mol. The summed E-state index contributed by atoms with van der Waals surface area (Å²) in [6.07, 6.45) is 3.39. The molecule has 0 atom stereocenters. The smallest absolute Gasteiger partial charge is 0.230 e. The molecule has 2 heterocycles. The molecule has 1 N–H and O–H groups in total. The molecule has 1 amide bonds. The van der Waals surface area contributed by atoms with E-state index in [4.69, 9.17) is 4.74 Å².